The molecule has 2 aliphatic heterocycles. The second-order valence-electron chi connectivity index (χ2n) is 12.2. The smallest absolute Gasteiger partial charge is 0.328 e. The highest BCUT2D eigenvalue weighted by Gasteiger charge is 2.70. The fourth-order valence-corrected chi connectivity index (χ4v) is 8.60. The molecule has 0 radical (unpaired) electrons. The molecule has 3 fully saturated rings. The van der Waals surface area contributed by atoms with E-state index in [2.05, 4.69) is 0 Å². The van der Waals surface area contributed by atoms with Gasteiger partial charge in [-0.1, -0.05) is 59.6 Å². The van der Waals surface area contributed by atoms with Crippen LogP contribution >= 0.6 is 11.6 Å². The molecule has 12 heteroatoms. The number of ether oxygens (including phenoxy) is 2. The lowest BCUT2D eigenvalue weighted by Gasteiger charge is -2.50. The molecule has 3 aromatic rings. The number of allylic oxidation sites excluding steroid dienone is 2. The Morgan fingerprint density at radius 1 is 0.915 bits per heavy atom. The largest absolute Gasteiger partial charge is 0.502 e. The van der Waals surface area contributed by atoms with Crippen LogP contribution in [0.2, 0.25) is 5.02 Å². The number of fused-ring (bicyclic) bond motifs is 4. The average molecular weight is 656 g/mol. The van der Waals surface area contributed by atoms with Gasteiger partial charge < -0.3 is 20.3 Å². The maximum atomic E-state index is 15.2. The topological polar surface area (TPSA) is 157 Å². The zero-order valence-corrected chi connectivity index (χ0v) is 26.1. The number of methoxy groups -OCH3 is 2. The van der Waals surface area contributed by atoms with Crippen molar-refractivity contribution in [3.05, 3.63) is 94.5 Å². The summed E-state index contributed by atoms with van der Waals surface area (Å²) >= 11 is 6.34. The van der Waals surface area contributed by atoms with Gasteiger partial charge in [-0.15, -0.1) is 0 Å². The van der Waals surface area contributed by atoms with E-state index in [4.69, 9.17) is 26.8 Å². The van der Waals surface area contributed by atoms with E-state index in [1.165, 1.54) is 14.2 Å². The van der Waals surface area contributed by atoms with Crippen molar-refractivity contribution in [1.82, 2.24) is 4.90 Å². The highest BCUT2D eigenvalue weighted by Crippen LogP contribution is 2.65. The van der Waals surface area contributed by atoms with Crippen LogP contribution in [0.5, 0.6) is 17.2 Å². The second-order valence-corrected chi connectivity index (χ2v) is 12.7. The predicted molar refractivity (Wildman–Crippen MR) is 169 cm³/mol. The zero-order valence-electron chi connectivity index (χ0n) is 25.4. The number of carbonyl (C=O) groups excluding carboxylic acids is 5. The molecule has 3 aromatic carbocycles. The van der Waals surface area contributed by atoms with E-state index in [1.54, 1.807) is 60.7 Å². The molecule has 4 aliphatic rings. The third-order valence-electron chi connectivity index (χ3n) is 10.2. The third kappa shape index (κ3) is 4.15. The number of nitrogens with zero attached hydrogens (tertiary/aromatic N) is 2. The van der Waals surface area contributed by atoms with E-state index < -0.39 is 64.7 Å². The van der Waals surface area contributed by atoms with Crippen LogP contribution in [0.3, 0.4) is 0 Å². The molecule has 0 spiro atoms. The number of hydrogen-bond donors (Lipinski definition) is 2. The Bertz CT molecular complexity index is 1890. The summed E-state index contributed by atoms with van der Waals surface area (Å²) in [6.07, 6.45) is 2.00. The van der Waals surface area contributed by atoms with Crippen molar-refractivity contribution in [2.75, 3.05) is 19.1 Å². The van der Waals surface area contributed by atoms with Crippen LogP contribution in [0.15, 0.2) is 78.4 Å². The quantitative estimate of drug-likeness (QED) is 0.304. The summed E-state index contributed by atoms with van der Waals surface area (Å²) in [6.45, 7) is 0. The van der Waals surface area contributed by atoms with E-state index in [0.29, 0.717) is 32.3 Å². The minimum absolute atomic E-state index is 0.0397. The lowest BCUT2D eigenvalue weighted by atomic mass is 9.49. The van der Waals surface area contributed by atoms with Crippen molar-refractivity contribution in [2.45, 2.75) is 24.2 Å². The Morgan fingerprint density at radius 2 is 1.60 bits per heavy atom. The van der Waals surface area contributed by atoms with Crippen LogP contribution in [-0.4, -0.2) is 53.9 Å². The molecule has 11 nitrogen and oxygen atoms in total. The van der Waals surface area contributed by atoms with Crippen molar-refractivity contribution < 1.29 is 38.6 Å². The standard InChI is InChI=1S/C35H30ClN3O8/c1-46-25-13-17(14-26(47-2)29(25)40)28-21-11-12-22-27(32(43)39(30(22)41)34(37)45)23(21)16-24-31(42)38(20-10-6-9-19(36)15-20)33(44)35(24,28)18-7-4-3-5-8-18/h3-11,13-15,22-24,27-28,40H,12,16H2,1-2H3,(H2,37,45)/t22-,23+,24-,27-,28-,35+/m0/s1. The Hall–Kier alpha value is -5.16. The zero-order chi connectivity index (χ0) is 33.4. The Kier molecular flexibility index (Phi) is 7.12. The monoisotopic (exact) mass is 655 g/mol. The number of benzene rings is 3. The number of hydrogen-bond acceptors (Lipinski definition) is 8. The van der Waals surface area contributed by atoms with Gasteiger partial charge in [-0.3, -0.25) is 19.2 Å². The van der Waals surface area contributed by atoms with Gasteiger partial charge in [0.05, 0.1) is 43.1 Å². The van der Waals surface area contributed by atoms with Gasteiger partial charge in [0, 0.05) is 10.9 Å². The number of anilines is 1. The highest BCUT2D eigenvalue weighted by molar-refractivity contribution is 6.32. The minimum Gasteiger partial charge on any atom is -0.502 e. The number of primary amides is 1. The van der Waals surface area contributed by atoms with Gasteiger partial charge in [0.15, 0.2) is 11.5 Å². The van der Waals surface area contributed by atoms with Gasteiger partial charge >= 0.3 is 6.03 Å². The molecule has 0 unspecified atom stereocenters. The highest BCUT2D eigenvalue weighted by atomic mass is 35.5. The van der Waals surface area contributed by atoms with Crippen molar-refractivity contribution in [2.24, 2.45) is 29.4 Å². The number of urea groups is 1. The average Bonchev–Trinajstić information content (AvgIpc) is 3.46. The van der Waals surface area contributed by atoms with E-state index in [1.807, 2.05) is 12.1 Å². The van der Waals surface area contributed by atoms with Crippen LogP contribution in [0, 0.1) is 23.7 Å². The number of carbonyl (C=O) groups is 5. The number of imide groups is 4. The van der Waals surface area contributed by atoms with Crippen LogP contribution in [0.1, 0.15) is 29.9 Å². The first-order chi connectivity index (χ1) is 22.6. The summed E-state index contributed by atoms with van der Waals surface area (Å²) in [7, 11) is 2.77. The summed E-state index contributed by atoms with van der Waals surface area (Å²) in [5.41, 5.74) is 5.93. The maximum Gasteiger partial charge on any atom is 0.328 e. The molecule has 6 atom stereocenters. The Morgan fingerprint density at radius 3 is 2.21 bits per heavy atom. The second kappa shape index (κ2) is 11.0. The minimum atomic E-state index is -1.54. The number of phenolic OH excluding ortho intramolecular Hbond substituents is 1. The number of amides is 6. The molecule has 0 bridgehead atoms. The fraction of sp³-hybridized carbons (Fsp3) is 0.286. The number of phenols is 1. The molecule has 240 valence electrons. The van der Waals surface area contributed by atoms with Crippen molar-refractivity contribution in [3.8, 4) is 17.2 Å². The lowest BCUT2D eigenvalue weighted by molar-refractivity contribution is -0.136. The summed E-state index contributed by atoms with van der Waals surface area (Å²) in [5.74, 6) is -6.94. The molecular formula is C35H30ClN3O8. The lowest BCUT2D eigenvalue weighted by Crippen LogP contribution is -2.53. The van der Waals surface area contributed by atoms with E-state index >= 15 is 4.79 Å². The number of likely N-dealkylation sites (tertiary alicyclic amines) is 1. The molecule has 6 amide bonds. The van der Waals surface area contributed by atoms with E-state index in [0.717, 1.165) is 4.90 Å². The summed E-state index contributed by atoms with van der Waals surface area (Å²) in [5, 5.41) is 11.2. The van der Waals surface area contributed by atoms with Crippen molar-refractivity contribution in [3.63, 3.8) is 0 Å². The van der Waals surface area contributed by atoms with Crippen LogP contribution < -0.4 is 20.1 Å². The van der Waals surface area contributed by atoms with Crippen LogP contribution in [-0.2, 0) is 24.6 Å². The number of halogens is 1. The first-order valence-corrected chi connectivity index (χ1v) is 15.5. The molecule has 1 saturated carbocycles. The SMILES string of the molecule is COc1cc([C@H]2C3=CC[C@@H]4C(=O)N(C(N)=O)C(=O)[C@@H]4[C@@H]3C[C@H]3C(=O)N(c4cccc(Cl)c4)C(=O)[C@@]23c2ccccc2)cc(OC)c1O. The van der Waals surface area contributed by atoms with Crippen LogP contribution in [0.4, 0.5) is 10.5 Å². The van der Waals surface area contributed by atoms with Crippen molar-refractivity contribution >= 4 is 46.9 Å². The molecule has 2 aliphatic carbocycles. The Balaban J connectivity index is 1.54. The molecule has 0 aromatic heterocycles. The number of nitrogens with two attached hydrogens (primary N) is 1. The summed E-state index contributed by atoms with van der Waals surface area (Å²) in [6, 6.07) is 17.5. The molecular weight excluding hydrogens is 626 g/mol. The predicted octanol–water partition coefficient (Wildman–Crippen LogP) is 4.30. The summed E-state index contributed by atoms with van der Waals surface area (Å²) < 4.78 is 11.0. The molecule has 7 rings (SSSR count). The molecule has 2 heterocycles. The maximum absolute atomic E-state index is 15.2. The first-order valence-electron chi connectivity index (χ1n) is 15.1. The Labute approximate surface area is 274 Å². The van der Waals surface area contributed by atoms with Crippen molar-refractivity contribution in [1.29, 1.82) is 0 Å². The van der Waals surface area contributed by atoms with Gasteiger partial charge in [0.2, 0.25) is 29.4 Å². The number of aromatic hydroxyl groups is 1. The first kappa shape index (κ1) is 30.5. The van der Waals surface area contributed by atoms with Gasteiger partial charge in [0.1, 0.15) is 0 Å². The van der Waals surface area contributed by atoms with Gasteiger partial charge in [-0.2, -0.15) is 4.90 Å². The normalized spacial score (nSPS) is 28.1. The molecule has 47 heavy (non-hydrogen) atoms. The summed E-state index contributed by atoms with van der Waals surface area (Å²) in [4.78, 5) is 70.9. The fourth-order valence-electron chi connectivity index (χ4n) is 8.42. The van der Waals surface area contributed by atoms with E-state index in [-0.39, 0.29) is 30.1 Å². The molecule has 3 N–H and O–H groups in total. The molecule has 2 saturated heterocycles. The van der Waals surface area contributed by atoms with E-state index in [9.17, 15) is 24.3 Å². The van der Waals surface area contributed by atoms with Crippen LogP contribution in [0.25, 0.3) is 0 Å². The van der Waals surface area contributed by atoms with Gasteiger partial charge in [0.25, 0.3) is 0 Å². The van der Waals surface area contributed by atoms with Gasteiger partial charge in [-0.05, 0) is 60.2 Å². The third-order valence-corrected chi connectivity index (χ3v) is 10.5. The van der Waals surface area contributed by atoms with Gasteiger partial charge in [-0.25, -0.2) is 9.69 Å². The number of rotatable bonds is 5.